The maximum Gasteiger partial charge on any atom is 0.0606 e. The summed E-state index contributed by atoms with van der Waals surface area (Å²) in [5.74, 6) is 3.03. The first kappa shape index (κ1) is 4.73. The molecule has 2 aliphatic carbocycles. The molecule has 4 bridgehead atoms. The fraction of sp³-hybridized carbons (Fsp3) is 1.00. The highest BCUT2D eigenvalue weighted by Gasteiger charge is 2.50. The Balaban J connectivity index is 2.01. The van der Waals surface area contributed by atoms with Crippen molar-refractivity contribution in [2.75, 3.05) is 6.61 Å². The predicted molar refractivity (Wildman–Crippen MR) is 34.1 cm³/mol. The van der Waals surface area contributed by atoms with E-state index in [4.69, 9.17) is 4.74 Å². The van der Waals surface area contributed by atoms with Gasteiger partial charge in [-0.2, -0.15) is 0 Å². The quantitative estimate of drug-likeness (QED) is 0.474. The van der Waals surface area contributed by atoms with Crippen LogP contribution in [0, 0.1) is 17.8 Å². The second kappa shape index (κ2) is 1.34. The van der Waals surface area contributed by atoms with E-state index in [1.54, 1.807) is 0 Å². The van der Waals surface area contributed by atoms with Crippen LogP contribution in [0.2, 0.25) is 0 Å². The van der Waals surface area contributed by atoms with Crippen LogP contribution < -0.4 is 0 Å². The summed E-state index contributed by atoms with van der Waals surface area (Å²) in [6.07, 6.45) is 5.08. The van der Waals surface area contributed by atoms with E-state index in [1.165, 1.54) is 19.3 Å². The highest BCUT2D eigenvalue weighted by molar-refractivity contribution is 4.99. The van der Waals surface area contributed by atoms with Crippen molar-refractivity contribution < 1.29 is 4.74 Å². The van der Waals surface area contributed by atoms with Gasteiger partial charge in [0.15, 0.2) is 0 Å². The third-order valence-corrected chi connectivity index (χ3v) is 3.46. The van der Waals surface area contributed by atoms with Crippen molar-refractivity contribution in [1.29, 1.82) is 0 Å². The molecule has 0 aromatic heterocycles. The predicted octanol–water partition coefficient (Wildman–Crippen LogP) is 1.43. The van der Waals surface area contributed by atoms with Crippen molar-refractivity contribution in [2.24, 2.45) is 17.8 Å². The van der Waals surface area contributed by atoms with Crippen molar-refractivity contribution in [3.8, 4) is 0 Å². The van der Waals surface area contributed by atoms with Gasteiger partial charge in [-0.15, -0.1) is 0 Å². The van der Waals surface area contributed by atoms with E-state index < -0.39 is 0 Å². The Morgan fingerprint density at radius 2 is 1.78 bits per heavy atom. The Hall–Kier alpha value is -0.0400. The van der Waals surface area contributed by atoms with Crippen molar-refractivity contribution >= 4 is 0 Å². The van der Waals surface area contributed by atoms with Crippen LogP contribution in [0.3, 0.4) is 0 Å². The molecule has 4 unspecified atom stereocenters. The maximum atomic E-state index is 5.63. The highest BCUT2D eigenvalue weighted by atomic mass is 16.5. The molecule has 2 saturated carbocycles. The Bertz CT molecular complexity index is 115. The standard InChI is InChI=1S/C8H12O/c1-5-3-8-6(1)2-7(5)4-9-8/h5-8H,1-4H2. The van der Waals surface area contributed by atoms with Gasteiger partial charge in [-0.1, -0.05) is 0 Å². The molecular formula is C8H12O. The molecule has 0 aromatic rings. The smallest absolute Gasteiger partial charge is 0.0606 e. The lowest BCUT2D eigenvalue weighted by molar-refractivity contribution is -0.0695. The molecule has 0 amide bonds. The molecule has 9 heavy (non-hydrogen) atoms. The molecule has 0 N–H and O–H groups in total. The first-order valence-electron chi connectivity index (χ1n) is 4.05. The average Bonchev–Trinajstić information content (AvgIpc) is 2.40. The van der Waals surface area contributed by atoms with Gasteiger partial charge in [0, 0.05) is 0 Å². The molecule has 50 valence electrons. The fourth-order valence-electron chi connectivity index (χ4n) is 3.00. The van der Waals surface area contributed by atoms with E-state index >= 15 is 0 Å². The zero-order chi connectivity index (χ0) is 5.84. The summed E-state index contributed by atoms with van der Waals surface area (Å²) in [5, 5.41) is 0. The lowest BCUT2D eigenvalue weighted by Gasteiger charge is -2.35. The normalized spacial score (nSPS) is 61.3. The molecule has 2 aliphatic heterocycles. The molecule has 4 aliphatic rings. The van der Waals surface area contributed by atoms with Gasteiger partial charge < -0.3 is 4.74 Å². The number of hydrogen-bond donors (Lipinski definition) is 0. The molecule has 0 spiro atoms. The Kier molecular flexibility index (Phi) is 0.704. The third-order valence-electron chi connectivity index (χ3n) is 3.46. The van der Waals surface area contributed by atoms with Crippen molar-refractivity contribution in [1.82, 2.24) is 0 Å². The molecule has 0 radical (unpaired) electrons. The Labute approximate surface area is 55.4 Å². The fourth-order valence-corrected chi connectivity index (χ4v) is 3.00. The molecular weight excluding hydrogens is 112 g/mol. The Morgan fingerprint density at radius 3 is 2.22 bits per heavy atom. The first-order chi connectivity index (χ1) is 4.43. The van der Waals surface area contributed by atoms with Crippen LogP contribution in [0.1, 0.15) is 19.3 Å². The van der Waals surface area contributed by atoms with Crippen molar-refractivity contribution in [2.45, 2.75) is 25.4 Å². The van der Waals surface area contributed by atoms with Crippen LogP contribution in [0.4, 0.5) is 0 Å². The molecule has 4 fully saturated rings. The van der Waals surface area contributed by atoms with Crippen molar-refractivity contribution in [3.05, 3.63) is 0 Å². The zero-order valence-electron chi connectivity index (χ0n) is 5.55. The summed E-state index contributed by atoms with van der Waals surface area (Å²) < 4.78 is 5.63. The van der Waals surface area contributed by atoms with E-state index in [-0.39, 0.29) is 0 Å². The minimum absolute atomic E-state index is 0.694. The second-order valence-electron chi connectivity index (χ2n) is 3.86. The summed E-state index contributed by atoms with van der Waals surface area (Å²) in [6.45, 7) is 1.09. The van der Waals surface area contributed by atoms with E-state index in [2.05, 4.69) is 0 Å². The van der Waals surface area contributed by atoms with E-state index in [1.807, 2.05) is 0 Å². The van der Waals surface area contributed by atoms with Crippen molar-refractivity contribution in [3.63, 3.8) is 0 Å². The second-order valence-corrected chi connectivity index (χ2v) is 3.86. The largest absolute Gasteiger partial charge is 0.378 e. The molecule has 1 nitrogen and oxygen atoms in total. The van der Waals surface area contributed by atoms with Gasteiger partial charge in [-0.25, -0.2) is 0 Å². The molecule has 1 heteroatoms. The van der Waals surface area contributed by atoms with Gasteiger partial charge in [-0.05, 0) is 37.0 Å². The number of ether oxygens (including phenoxy) is 1. The van der Waals surface area contributed by atoms with Gasteiger partial charge in [0.2, 0.25) is 0 Å². The van der Waals surface area contributed by atoms with Gasteiger partial charge in [-0.3, -0.25) is 0 Å². The topological polar surface area (TPSA) is 9.23 Å². The van der Waals surface area contributed by atoms with Crippen LogP contribution in [-0.2, 0) is 4.74 Å². The summed E-state index contributed by atoms with van der Waals surface area (Å²) in [6, 6.07) is 0. The van der Waals surface area contributed by atoms with E-state index in [0.717, 1.165) is 24.4 Å². The van der Waals surface area contributed by atoms with Gasteiger partial charge in [0.25, 0.3) is 0 Å². The minimum Gasteiger partial charge on any atom is -0.378 e. The number of fused-ring (bicyclic) bond motifs is 1. The van der Waals surface area contributed by atoms with Gasteiger partial charge in [0.1, 0.15) is 0 Å². The van der Waals surface area contributed by atoms with Crippen LogP contribution in [0.15, 0.2) is 0 Å². The Morgan fingerprint density at radius 1 is 0.889 bits per heavy atom. The zero-order valence-corrected chi connectivity index (χ0v) is 5.55. The number of rotatable bonds is 0. The lowest BCUT2D eigenvalue weighted by atomic mass is 9.85. The van der Waals surface area contributed by atoms with E-state index in [9.17, 15) is 0 Å². The summed E-state index contributed by atoms with van der Waals surface area (Å²) in [7, 11) is 0. The summed E-state index contributed by atoms with van der Waals surface area (Å²) >= 11 is 0. The van der Waals surface area contributed by atoms with Gasteiger partial charge >= 0.3 is 0 Å². The van der Waals surface area contributed by atoms with Crippen LogP contribution in [0.5, 0.6) is 0 Å². The molecule has 0 aromatic carbocycles. The number of hydrogen-bond acceptors (Lipinski definition) is 1. The van der Waals surface area contributed by atoms with Gasteiger partial charge in [0.05, 0.1) is 12.7 Å². The monoisotopic (exact) mass is 124 g/mol. The van der Waals surface area contributed by atoms with Crippen LogP contribution in [0.25, 0.3) is 0 Å². The SMILES string of the molecule is C1OC2CC3CC2CC13. The average molecular weight is 124 g/mol. The minimum atomic E-state index is 0.694. The summed E-state index contributed by atoms with van der Waals surface area (Å²) in [4.78, 5) is 0. The van der Waals surface area contributed by atoms with E-state index in [0.29, 0.717) is 6.10 Å². The summed E-state index contributed by atoms with van der Waals surface area (Å²) in [5.41, 5.74) is 0. The highest BCUT2D eigenvalue weighted by Crippen LogP contribution is 2.53. The first-order valence-corrected chi connectivity index (χ1v) is 4.05. The lowest BCUT2D eigenvalue weighted by Crippen LogP contribution is -2.35. The molecule has 4 atom stereocenters. The maximum absolute atomic E-state index is 5.63. The van der Waals surface area contributed by atoms with Crippen LogP contribution in [-0.4, -0.2) is 12.7 Å². The molecule has 4 rings (SSSR count). The molecule has 2 saturated heterocycles. The van der Waals surface area contributed by atoms with Crippen LogP contribution >= 0.6 is 0 Å². The molecule has 2 heterocycles. The third kappa shape index (κ3) is 0.454.